The van der Waals surface area contributed by atoms with Crippen LogP contribution in [0.3, 0.4) is 0 Å². The number of primary amides is 1. The van der Waals surface area contributed by atoms with E-state index in [0.717, 1.165) is 11.1 Å². The summed E-state index contributed by atoms with van der Waals surface area (Å²) in [6, 6.07) is 15.8. The fraction of sp³-hybridized carbons (Fsp3) is 0.634. The highest BCUT2D eigenvalue weighted by atomic mass is 35.5. The fourth-order valence-electron chi connectivity index (χ4n) is 13.9. The third-order valence-electron chi connectivity index (χ3n) is 20.1. The number of hydrogen-bond donors (Lipinski definition) is 9. The van der Waals surface area contributed by atoms with E-state index in [1.807, 2.05) is 108 Å². The number of rotatable bonds is 56. The Bertz CT molecular complexity index is 3530. The third kappa shape index (κ3) is 33.7. The molecule has 4 rings (SSSR count). The molecule has 1 unspecified atom stereocenters. The van der Waals surface area contributed by atoms with Gasteiger partial charge in [-0.05, 0) is 131 Å². The molecule has 636 valence electrons. The molecule has 0 saturated carbocycles. The van der Waals surface area contributed by atoms with Crippen LogP contribution in [0.2, 0.25) is 0 Å². The van der Waals surface area contributed by atoms with E-state index in [1.54, 1.807) is 44.9 Å². The van der Waals surface area contributed by atoms with E-state index in [2.05, 4.69) is 42.5 Å². The molecule has 1 aliphatic heterocycles. The zero-order chi connectivity index (χ0) is 84.6. The minimum Gasteiger partial charge on any atom is -0.379 e. The molecule has 0 radical (unpaired) electrons. The number of anilines is 3. The summed E-state index contributed by atoms with van der Waals surface area (Å²) >= 11 is 11.2. The highest BCUT2D eigenvalue weighted by Crippen LogP contribution is 2.31. The van der Waals surface area contributed by atoms with Crippen molar-refractivity contribution in [1.82, 2.24) is 41.3 Å². The molecule has 114 heavy (non-hydrogen) atoms. The molecule has 30 nitrogen and oxygen atoms in total. The number of urea groups is 1. The van der Waals surface area contributed by atoms with Crippen LogP contribution < -0.4 is 48.3 Å². The van der Waals surface area contributed by atoms with E-state index < -0.39 is 102 Å². The number of nitrogens with two attached hydrogens (primary N) is 1. The van der Waals surface area contributed by atoms with Crippen LogP contribution in [0.25, 0.3) is 0 Å². The van der Waals surface area contributed by atoms with E-state index in [1.165, 1.54) is 32.4 Å². The van der Waals surface area contributed by atoms with Gasteiger partial charge in [-0.25, -0.2) is 4.79 Å². The maximum absolute atomic E-state index is 14.7. The summed E-state index contributed by atoms with van der Waals surface area (Å²) in [6.45, 7) is 18.8. The number of nitrogens with one attached hydrogen (secondary N) is 8. The van der Waals surface area contributed by atoms with Crippen LogP contribution in [0.1, 0.15) is 142 Å². The third-order valence-corrected chi connectivity index (χ3v) is 20.6. The van der Waals surface area contributed by atoms with Crippen LogP contribution in [0, 0.1) is 35.5 Å². The van der Waals surface area contributed by atoms with Gasteiger partial charge in [-0.2, -0.15) is 0 Å². The summed E-state index contributed by atoms with van der Waals surface area (Å²) in [7, 11) is 8.43. The number of likely N-dealkylation sites (N-methyl/N-ethyl adjacent to an activating group) is 2. The van der Waals surface area contributed by atoms with Crippen LogP contribution in [0.5, 0.6) is 0 Å². The number of Topliss-reactive ketones (excluding diaryl/α,β-unsaturated/α-hetero) is 3. The second kappa shape index (κ2) is 52.5. The number of carbonyl (C=O) groups is 12. The Morgan fingerprint density at radius 1 is 0.605 bits per heavy atom. The second-order valence-electron chi connectivity index (χ2n) is 30.1. The lowest BCUT2D eigenvalue weighted by Crippen LogP contribution is -2.59. The van der Waals surface area contributed by atoms with E-state index in [0.29, 0.717) is 50.8 Å². The Hall–Kier alpha value is -8.04. The van der Waals surface area contributed by atoms with Crippen molar-refractivity contribution >= 4 is 111 Å². The van der Waals surface area contributed by atoms with E-state index >= 15 is 0 Å². The highest BCUT2D eigenvalue weighted by molar-refractivity contribution is 6.30. The van der Waals surface area contributed by atoms with Gasteiger partial charge < -0.3 is 81.6 Å². The zero-order valence-electron chi connectivity index (χ0n) is 69.0. The Morgan fingerprint density at radius 2 is 1.22 bits per heavy atom. The second-order valence-corrected chi connectivity index (χ2v) is 30.6. The molecule has 1 fully saturated rings. The average molecular weight is 1640 g/mol. The maximum Gasteiger partial charge on any atom is 0.312 e. The van der Waals surface area contributed by atoms with Crippen LogP contribution in [-0.4, -0.2) is 254 Å². The number of ether oxygens (including phenoxy) is 6. The monoisotopic (exact) mass is 1640 g/mol. The van der Waals surface area contributed by atoms with Gasteiger partial charge in [0.15, 0.2) is 17.3 Å². The van der Waals surface area contributed by atoms with Crippen molar-refractivity contribution in [3.05, 3.63) is 89.5 Å². The van der Waals surface area contributed by atoms with E-state index in [4.69, 9.17) is 57.4 Å². The van der Waals surface area contributed by atoms with Gasteiger partial charge in [-0.3, -0.25) is 62.5 Å². The maximum atomic E-state index is 14.7. The predicted molar refractivity (Wildman–Crippen MR) is 438 cm³/mol. The lowest BCUT2D eigenvalue weighted by molar-refractivity contribution is -0.148. The topological polar surface area (TPSA) is 392 Å². The minimum absolute atomic E-state index is 0.00658. The molecule has 1 saturated heterocycles. The van der Waals surface area contributed by atoms with Crippen molar-refractivity contribution in [2.24, 2.45) is 41.2 Å². The Labute approximate surface area is 682 Å². The summed E-state index contributed by atoms with van der Waals surface area (Å²) < 4.78 is 34.4. The van der Waals surface area contributed by atoms with Crippen molar-refractivity contribution in [1.29, 1.82) is 0 Å². The first-order valence-electron chi connectivity index (χ1n) is 39.5. The number of nitrogens with zero attached hydrogens (tertiary/aromatic N) is 3. The molecule has 0 aliphatic carbocycles. The smallest absolute Gasteiger partial charge is 0.312 e. The number of likely N-dealkylation sites (tertiary alicyclic amines) is 1. The highest BCUT2D eigenvalue weighted by Gasteiger charge is 2.44. The molecule has 0 bridgehead atoms. The normalized spacial score (nSPS) is 15.6. The first-order valence-corrected chi connectivity index (χ1v) is 40.5. The molecule has 32 heteroatoms. The number of alkyl halides is 2. The Kier molecular flexibility index (Phi) is 45.3. The van der Waals surface area contributed by atoms with Gasteiger partial charge >= 0.3 is 6.03 Å². The number of methoxy groups -OCH3 is 2. The molecule has 3 aromatic rings. The minimum atomic E-state index is -0.954. The van der Waals surface area contributed by atoms with Crippen molar-refractivity contribution in [3.63, 3.8) is 0 Å². The molecule has 3 aromatic carbocycles. The summed E-state index contributed by atoms with van der Waals surface area (Å²) in [4.78, 5) is 166. The van der Waals surface area contributed by atoms with Gasteiger partial charge in [0, 0.05) is 77.3 Å². The molecule has 11 atom stereocenters. The number of ketones is 3. The van der Waals surface area contributed by atoms with Crippen molar-refractivity contribution in [3.8, 4) is 0 Å². The average Bonchev–Trinajstić information content (AvgIpc) is 1.07. The van der Waals surface area contributed by atoms with Crippen molar-refractivity contribution in [2.75, 3.05) is 136 Å². The molecular formula is C82H126Cl2N12O18. The Morgan fingerprint density at radius 3 is 1.79 bits per heavy atom. The van der Waals surface area contributed by atoms with Crippen LogP contribution in [0.4, 0.5) is 21.9 Å². The van der Waals surface area contributed by atoms with Crippen LogP contribution >= 0.6 is 23.2 Å². The summed E-state index contributed by atoms with van der Waals surface area (Å²) in [6.07, 6.45) is 1.86. The fourth-order valence-corrected chi connectivity index (χ4v) is 14.1. The summed E-state index contributed by atoms with van der Waals surface area (Å²) in [5.41, 5.74) is 8.12. The first kappa shape index (κ1) is 98.3. The van der Waals surface area contributed by atoms with Gasteiger partial charge in [0.1, 0.15) is 30.6 Å². The lowest BCUT2D eigenvalue weighted by atomic mass is 9.88. The van der Waals surface area contributed by atoms with Gasteiger partial charge in [0.2, 0.25) is 41.4 Å². The standard InChI is InChI=1S/C82H126Cl2N12O18/c1-15-54(8)75(95(12)80(107)73(52(4)5)93-79(106)74(53(6)7)94(10)11)68(109-13)47-66(98)64-26-21-36-96(64)81(110-14)55(9)76(103)91-63(44-57-22-17-16-18-23-57)65(97)27-19-24-56-28-31-60(32-29-56)88-78(105)58(25-20-34-87-82(85)108)46-67(99)72(51(2)3)92-71(102)50-114-43-42-113-41-40-112-39-38-111-37-35-86-77(104)59-30-33-61(89-69(100)48-83)62(45-59)90-70(101)49-84/h16-18,22-23,28-33,45,51-55,58,63-64,68,72-75,81H,15,19-21,24-27,34-44,46-50H2,1-14H3,(H,86,104)(H,88,105)(H,89,100)(H,90,101)(H,91,103)(H,92,102)(H,93,106)(H3,85,87,108)/t54-,55-,58-,63+,64?,68+,72-,73+,74-,75-,81+/m0/s1. The number of carbonyl (C=O) groups excluding carboxylic acids is 12. The molecule has 0 spiro atoms. The molecule has 1 aliphatic rings. The zero-order valence-corrected chi connectivity index (χ0v) is 70.5. The number of benzene rings is 3. The number of halogens is 2. The number of aryl methyl sites for hydroxylation is 1. The van der Waals surface area contributed by atoms with Gasteiger partial charge in [0.05, 0.1) is 99.9 Å². The van der Waals surface area contributed by atoms with Crippen LogP contribution in [-0.2, 0) is 89.2 Å². The molecular weight excluding hydrogens is 1510 g/mol. The first-order chi connectivity index (χ1) is 54.3. The van der Waals surface area contributed by atoms with Crippen molar-refractivity contribution < 1.29 is 86.0 Å². The van der Waals surface area contributed by atoms with E-state index in [9.17, 15) is 57.5 Å². The largest absolute Gasteiger partial charge is 0.379 e. The predicted octanol–water partition coefficient (Wildman–Crippen LogP) is 6.91. The summed E-state index contributed by atoms with van der Waals surface area (Å²) in [5.74, 6) is -7.12. The molecule has 10 amide bonds. The number of amides is 10. The van der Waals surface area contributed by atoms with Gasteiger partial charge in [-0.1, -0.05) is 104 Å². The lowest BCUT2D eigenvalue weighted by Gasteiger charge is -2.41. The SMILES string of the molecule is CC[C@H](C)[C@@H]([C@@H](CC(=O)C1CCCN1[C@H](OC)[C@@H](C)C(=O)N[C@H](Cc1ccccc1)C(=O)CCCc1ccc(NC(=O)[C@@H](CCCNC(N)=O)CC(=O)[C@@H](NC(=O)COCCOCCOCCOCCNC(=O)c2ccc(NC(=O)CCl)c(NC(=O)CCl)c2)C(C)C)cc1)OC)N(C)C(=O)[C@H](NC(=O)[C@H](C(C)C)N(C)C)C(C)C. The molecule has 0 aromatic heterocycles. The molecule has 1 heterocycles. The van der Waals surface area contributed by atoms with E-state index in [-0.39, 0.29) is 180 Å². The van der Waals surface area contributed by atoms with Gasteiger partial charge in [-0.15, -0.1) is 23.2 Å². The summed E-state index contributed by atoms with van der Waals surface area (Å²) in [5, 5.41) is 22.1. The van der Waals surface area contributed by atoms with Crippen molar-refractivity contribution in [2.45, 2.75) is 182 Å². The quantitative estimate of drug-likeness (QED) is 0.0205. The van der Waals surface area contributed by atoms with Gasteiger partial charge in [0.25, 0.3) is 5.91 Å². The number of hydrogen-bond acceptors (Lipinski definition) is 20. The molecule has 10 N–H and O–H groups in total. The van der Waals surface area contributed by atoms with Crippen LogP contribution in [0.15, 0.2) is 72.8 Å². The Balaban J connectivity index is 1.27.